The molecule has 2 aromatic carbocycles. The molecule has 31 heavy (non-hydrogen) atoms. The van der Waals surface area contributed by atoms with Crippen LogP contribution >= 0.6 is 0 Å². The van der Waals surface area contributed by atoms with Gasteiger partial charge in [0.25, 0.3) is 0 Å². The summed E-state index contributed by atoms with van der Waals surface area (Å²) in [6.07, 6.45) is -1.57. The molecule has 7 nitrogen and oxygen atoms in total. The maximum absolute atomic E-state index is 12.9. The molecule has 1 aliphatic rings. The first-order valence-electron chi connectivity index (χ1n) is 9.87. The first-order chi connectivity index (χ1) is 14.7. The Morgan fingerprint density at radius 2 is 1.23 bits per heavy atom. The van der Waals surface area contributed by atoms with E-state index in [-0.39, 0.29) is 28.2 Å². The molecule has 1 aliphatic heterocycles. The standard InChI is InChI=1S/C24H20O7/c1-9-5-13-15(7-11(9)3)29-23(27)18(20(13)25)17-19-21(31-22(17)26)14-6-10(2)12(4)8-16(14)30-24(19)28/h5-8,17,22,25-26H,1-4H3. The van der Waals surface area contributed by atoms with Gasteiger partial charge in [0.2, 0.25) is 6.29 Å². The van der Waals surface area contributed by atoms with Crippen LogP contribution in [0.25, 0.3) is 21.9 Å². The molecular formula is C24H20O7. The normalized spacial score (nSPS) is 17.8. The summed E-state index contributed by atoms with van der Waals surface area (Å²) in [4.78, 5) is 25.7. The van der Waals surface area contributed by atoms with E-state index < -0.39 is 23.5 Å². The fourth-order valence-electron chi connectivity index (χ4n) is 4.19. The van der Waals surface area contributed by atoms with Gasteiger partial charge >= 0.3 is 11.3 Å². The molecule has 0 saturated heterocycles. The van der Waals surface area contributed by atoms with Crippen molar-refractivity contribution in [3.63, 3.8) is 0 Å². The lowest BCUT2D eigenvalue weighted by molar-refractivity contribution is -0.00987. The van der Waals surface area contributed by atoms with Crippen LogP contribution in [0.4, 0.5) is 0 Å². The smallest absolute Gasteiger partial charge is 0.344 e. The second-order valence-corrected chi connectivity index (χ2v) is 8.14. The van der Waals surface area contributed by atoms with Crippen LogP contribution in [0, 0.1) is 27.7 Å². The number of aromatic hydroxyl groups is 1. The lowest BCUT2D eigenvalue weighted by Crippen LogP contribution is -2.26. The van der Waals surface area contributed by atoms with E-state index in [4.69, 9.17) is 13.6 Å². The van der Waals surface area contributed by atoms with E-state index in [1.54, 1.807) is 24.3 Å². The summed E-state index contributed by atoms with van der Waals surface area (Å²) in [7, 11) is 0. The van der Waals surface area contributed by atoms with Gasteiger partial charge in [-0.2, -0.15) is 0 Å². The van der Waals surface area contributed by atoms with E-state index in [0.717, 1.165) is 22.3 Å². The van der Waals surface area contributed by atoms with Crippen molar-refractivity contribution in [2.24, 2.45) is 0 Å². The Bertz CT molecular complexity index is 1520. The zero-order valence-electron chi connectivity index (χ0n) is 17.4. The molecule has 2 N–H and O–H groups in total. The number of benzene rings is 2. The molecule has 0 spiro atoms. The monoisotopic (exact) mass is 420 g/mol. The lowest BCUT2D eigenvalue weighted by atomic mass is 9.91. The predicted octanol–water partition coefficient (Wildman–Crippen LogP) is 3.68. The Morgan fingerprint density at radius 1 is 0.742 bits per heavy atom. The number of ether oxygens (including phenoxy) is 1. The molecule has 0 aliphatic carbocycles. The summed E-state index contributed by atoms with van der Waals surface area (Å²) in [5.74, 6) is -1.46. The fourth-order valence-corrected chi connectivity index (χ4v) is 4.19. The number of fused-ring (bicyclic) bond motifs is 4. The second kappa shape index (κ2) is 6.46. The van der Waals surface area contributed by atoms with Gasteiger partial charge in [0, 0.05) is 0 Å². The minimum atomic E-state index is -1.57. The lowest BCUT2D eigenvalue weighted by Gasteiger charge is -2.15. The second-order valence-electron chi connectivity index (χ2n) is 8.14. The highest BCUT2D eigenvalue weighted by atomic mass is 16.6. The molecule has 0 fully saturated rings. The zero-order valence-corrected chi connectivity index (χ0v) is 17.4. The third-order valence-corrected chi connectivity index (χ3v) is 6.18. The van der Waals surface area contributed by atoms with Gasteiger partial charge in [-0.1, -0.05) is 0 Å². The molecule has 3 heterocycles. The quantitative estimate of drug-likeness (QED) is 0.452. The van der Waals surface area contributed by atoms with E-state index in [1.165, 1.54) is 0 Å². The molecule has 0 amide bonds. The molecule has 2 atom stereocenters. The first-order valence-corrected chi connectivity index (χ1v) is 9.87. The molecule has 0 saturated carbocycles. The summed E-state index contributed by atoms with van der Waals surface area (Å²) in [5, 5.41) is 22.5. The summed E-state index contributed by atoms with van der Waals surface area (Å²) in [5.41, 5.74) is 2.36. The van der Waals surface area contributed by atoms with Gasteiger partial charge < -0.3 is 23.8 Å². The van der Waals surface area contributed by atoms with Crippen LogP contribution in [0.5, 0.6) is 11.5 Å². The number of hydrogen-bond donors (Lipinski definition) is 2. The highest BCUT2D eigenvalue weighted by Crippen LogP contribution is 2.46. The van der Waals surface area contributed by atoms with Crippen LogP contribution in [-0.2, 0) is 0 Å². The van der Waals surface area contributed by atoms with Crippen LogP contribution in [0.15, 0.2) is 42.7 Å². The van der Waals surface area contributed by atoms with Gasteiger partial charge in [0.05, 0.1) is 27.8 Å². The van der Waals surface area contributed by atoms with Crippen molar-refractivity contribution in [1.29, 1.82) is 0 Å². The van der Waals surface area contributed by atoms with Crippen LogP contribution in [0.2, 0.25) is 0 Å². The van der Waals surface area contributed by atoms with E-state index in [1.807, 2.05) is 27.7 Å². The van der Waals surface area contributed by atoms with E-state index in [9.17, 15) is 19.8 Å². The average molecular weight is 420 g/mol. The van der Waals surface area contributed by atoms with Crippen molar-refractivity contribution in [1.82, 2.24) is 0 Å². The van der Waals surface area contributed by atoms with Gasteiger partial charge in [-0.05, 0) is 74.2 Å². The Labute approximate surface area is 176 Å². The molecular weight excluding hydrogens is 400 g/mol. The van der Waals surface area contributed by atoms with E-state index in [0.29, 0.717) is 16.4 Å². The number of aliphatic hydroxyl groups is 1. The molecule has 2 unspecified atom stereocenters. The minimum absolute atomic E-state index is 0.0194. The molecule has 7 heteroatoms. The SMILES string of the molecule is Cc1cc2oc(=O)c(C3c4c(c5cc(C)c(C)cc5oc4=O)OC3O)c(O)c2cc1C. The third-order valence-electron chi connectivity index (χ3n) is 6.18. The summed E-state index contributed by atoms with van der Waals surface area (Å²) < 4.78 is 16.5. The zero-order chi connectivity index (χ0) is 22.2. The van der Waals surface area contributed by atoms with Crippen molar-refractivity contribution in [3.8, 4) is 11.5 Å². The Hall–Kier alpha value is -3.58. The Balaban J connectivity index is 1.83. The largest absolute Gasteiger partial charge is 0.507 e. The third kappa shape index (κ3) is 2.70. The number of rotatable bonds is 1. The van der Waals surface area contributed by atoms with Gasteiger partial charge in [-0.3, -0.25) is 0 Å². The fraction of sp³-hybridized carbons (Fsp3) is 0.250. The molecule has 0 bridgehead atoms. The average Bonchev–Trinajstić information content (AvgIpc) is 3.03. The van der Waals surface area contributed by atoms with Crippen LogP contribution in [-0.4, -0.2) is 16.5 Å². The maximum atomic E-state index is 12.9. The highest BCUT2D eigenvalue weighted by Gasteiger charge is 2.43. The Morgan fingerprint density at radius 3 is 1.84 bits per heavy atom. The van der Waals surface area contributed by atoms with Crippen molar-refractivity contribution < 1.29 is 23.8 Å². The summed E-state index contributed by atoms with van der Waals surface area (Å²) in [6, 6.07) is 6.89. The first kappa shape index (κ1) is 19.4. The summed E-state index contributed by atoms with van der Waals surface area (Å²) in [6.45, 7) is 7.53. The number of hydrogen-bond acceptors (Lipinski definition) is 7. The van der Waals surface area contributed by atoms with Crippen LogP contribution in [0.3, 0.4) is 0 Å². The summed E-state index contributed by atoms with van der Waals surface area (Å²) >= 11 is 0. The van der Waals surface area contributed by atoms with Gasteiger partial charge in [0.1, 0.15) is 22.7 Å². The molecule has 4 aromatic rings. The van der Waals surface area contributed by atoms with Crippen LogP contribution < -0.4 is 16.0 Å². The van der Waals surface area contributed by atoms with Crippen LogP contribution in [0.1, 0.15) is 39.3 Å². The number of aryl methyl sites for hydroxylation is 4. The predicted molar refractivity (Wildman–Crippen MR) is 114 cm³/mol. The molecule has 158 valence electrons. The van der Waals surface area contributed by atoms with Crippen molar-refractivity contribution >= 4 is 21.9 Å². The maximum Gasteiger partial charge on any atom is 0.344 e. The highest BCUT2D eigenvalue weighted by molar-refractivity contribution is 5.88. The number of aliphatic hydroxyl groups excluding tert-OH is 1. The van der Waals surface area contributed by atoms with Gasteiger partial charge in [0.15, 0.2) is 0 Å². The van der Waals surface area contributed by atoms with Gasteiger partial charge in [-0.25, -0.2) is 9.59 Å². The van der Waals surface area contributed by atoms with Crippen molar-refractivity contribution in [2.45, 2.75) is 39.9 Å². The van der Waals surface area contributed by atoms with E-state index >= 15 is 0 Å². The topological polar surface area (TPSA) is 110 Å². The minimum Gasteiger partial charge on any atom is -0.507 e. The van der Waals surface area contributed by atoms with Crippen molar-refractivity contribution in [2.75, 3.05) is 0 Å². The van der Waals surface area contributed by atoms with Gasteiger partial charge in [-0.15, -0.1) is 0 Å². The molecule has 5 rings (SSSR count). The molecule has 0 radical (unpaired) electrons. The van der Waals surface area contributed by atoms with Crippen molar-refractivity contribution in [3.05, 3.63) is 78.5 Å². The molecule has 2 aromatic heterocycles. The van der Waals surface area contributed by atoms with E-state index in [2.05, 4.69) is 0 Å². The Kier molecular flexibility index (Phi) is 4.04.